The fourth-order valence-corrected chi connectivity index (χ4v) is 2.83. The Labute approximate surface area is 117 Å². The topological polar surface area (TPSA) is 64.0 Å². The molecular formula is C12H14ClN3O2S. The number of rotatable bonds is 4. The van der Waals surface area contributed by atoms with Crippen LogP contribution in [0, 0.1) is 6.92 Å². The first kappa shape index (κ1) is 13.9. The summed E-state index contributed by atoms with van der Waals surface area (Å²) in [6.07, 6.45) is 1.67. The van der Waals surface area contributed by atoms with E-state index in [1.165, 1.54) is 12.1 Å². The molecule has 0 fully saturated rings. The minimum absolute atomic E-state index is 0.167. The highest BCUT2D eigenvalue weighted by molar-refractivity contribution is 7.92. The van der Waals surface area contributed by atoms with Gasteiger partial charge in [-0.3, -0.25) is 9.40 Å². The Balaban J connectivity index is 2.30. The molecule has 5 nitrogen and oxygen atoms in total. The summed E-state index contributed by atoms with van der Waals surface area (Å²) in [5, 5.41) is 4.68. The Bertz CT molecular complexity index is 678. The fourth-order valence-electron chi connectivity index (χ4n) is 1.60. The van der Waals surface area contributed by atoms with Gasteiger partial charge in [0.1, 0.15) is 0 Å². The van der Waals surface area contributed by atoms with Crippen molar-refractivity contribution in [1.29, 1.82) is 0 Å². The first-order valence-electron chi connectivity index (χ1n) is 5.75. The van der Waals surface area contributed by atoms with Crippen LogP contribution < -0.4 is 4.72 Å². The number of nitrogens with zero attached hydrogens (tertiary/aromatic N) is 2. The Morgan fingerprint density at radius 3 is 2.47 bits per heavy atom. The van der Waals surface area contributed by atoms with E-state index in [0.29, 0.717) is 22.9 Å². The molecule has 0 radical (unpaired) electrons. The molecule has 7 heteroatoms. The molecule has 1 aromatic heterocycles. The lowest BCUT2D eigenvalue weighted by Gasteiger charge is -2.06. The van der Waals surface area contributed by atoms with Gasteiger partial charge in [0.25, 0.3) is 10.0 Å². The van der Waals surface area contributed by atoms with Gasteiger partial charge in [0.2, 0.25) is 0 Å². The number of nitrogens with one attached hydrogen (secondary N) is 1. The highest BCUT2D eigenvalue weighted by Crippen LogP contribution is 2.20. The van der Waals surface area contributed by atoms with Crippen LogP contribution >= 0.6 is 11.6 Å². The van der Waals surface area contributed by atoms with Crippen LogP contribution in [0.15, 0.2) is 35.4 Å². The average Bonchev–Trinajstić information content (AvgIpc) is 2.70. The molecule has 0 spiro atoms. The lowest BCUT2D eigenvalue weighted by molar-refractivity contribution is 0.601. The van der Waals surface area contributed by atoms with E-state index in [4.69, 9.17) is 11.6 Å². The van der Waals surface area contributed by atoms with Gasteiger partial charge in [0.15, 0.2) is 0 Å². The van der Waals surface area contributed by atoms with Crippen molar-refractivity contribution >= 4 is 27.3 Å². The molecule has 1 aromatic carbocycles. The van der Waals surface area contributed by atoms with Crippen LogP contribution in [0.5, 0.6) is 0 Å². The van der Waals surface area contributed by atoms with Crippen molar-refractivity contribution in [1.82, 2.24) is 9.78 Å². The first-order chi connectivity index (χ1) is 8.92. The highest BCUT2D eigenvalue weighted by atomic mass is 35.5. The number of benzene rings is 1. The third kappa shape index (κ3) is 3.08. The van der Waals surface area contributed by atoms with Crippen LogP contribution in [0.3, 0.4) is 0 Å². The maximum Gasteiger partial charge on any atom is 0.262 e. The second-order valence-electron chi connectivity index (χ2n) is 4.04. The second kappa shape index (κ2) is 5.22. The van der Waals surface area contributed by atoms with Gasteiger partial charge in [-0.25, -0.2) is 8.42 Å². The maximum absolute atomic E-state index is 12.2. The molecule has 0 aliphatic heterocycles. The molecule has 1 heterocycles. The number of sulfonamides is 1. The van der Waals surface area contributed by atoms with Crippen LogP contribution in [-0.2, 0) is 16.6 Å². The molecule has 0 saturated carbocycles. The first-order valence-corrected chi connectivity index (χ1v) is 7.61. The molecule has 1 N–H and O–H groups in total. The molecule has 0 bridgehead atoms. The summed E-state index contributed by atoms with van der Waals surface area (Å²) in [4.78, 5) is 0.167. The second-order valence-corrected chi connectivity index (χ2v) is 6.16. The largest absolute Gasteiger partial charge is 0.276 e. The van der Waals surface area contributed by atoms with Gasteiger partial charge in [-0.1, -0.05) is 11.6 Å². The van der Waals surface area contributed by atoms with Crippen LogP contribution in [0.4, 0.5) is 5.69 Å². The van der Waals surface area contributed by atoms with Gasteiger partial charge >= 0.3 is 0 Å². The third-order valence-corrected chi connectivity index (χ3v) is 4.27. The van der Waals surface area contributed by atoms with E-state index in [9.17, 15) is 8.42 Å². The van der Waals surface area contributed by atoms with Crippen molar-refractivity contribution in [2.45, 2.75) is 25.3 Å². The van der Waals surface area contributed by atoms with Crippen molar-refractivity contribution < 1.29 is 8.42 Å². The van der Waals surface area contributed by atoms with Gasteiger partial charge in [-0.2, -0.15) is 5.10 Å². The van der Waals surface area contributed by atoms with Gasteiger partial charge in [-0.15, -0.1) is 0 Å². The summed E-state index contributed by atoms with van der Waals surface area (Å²) in [6.45, 7) is 4.37. The van der Waals surface area contributed by atoms with Crippen molar-refractivity contribution in [3.8, 4) is 0 Å². The Morgan fingerprint density at radius 1 is 1.32 bits per heavy atom. The summed E-state index contributed by atoms with van der Waals surface area (Å²) in [5.74, 6) is 0. The van der Waals surface area contributed by atoms with Crippen molar-refractivity contribution in [3.63, 3.8) is 0 Å². The number of halogens is 1. The SMILES string of the molecule is CCn1cc(NS(=O)(=O)c2ccc(Cl)cc2)c(C)n1. The van der Waals surface area contributed by atoms with Crippen LogP contribution in [0.2, 0.25) is 5.02 Å². The molecule has 102 valence electrons. The summed E-state index contributed by atoms with van der Waals surface area (Å²) < 4.78 is 28.5. The normalized spacial score (nSPS) is 11.5. The van der Waals surface area contributed by atoms with E-state index in [1.54, 1.807) is 29.9 Å². The molecule has 0 atom stereocenters. The Morgan fingerprint density at radius 2 is 1.95 bits per heavy atom. The van der Waals surface area contributed by atoms with E-state index < -0.39 is 10.0 Å². The Kier molecular flexibility index (Phi) is 3.82. The molecule has 0 aliphatic carbocycles. The molecule has 19 heavy (non-hydrogen) atoms. The van der Waals surface area contributed by atoms with Gasteiger partial charge in [0.05, 0.1) is 16.3 Å². The Hall–Kier alpha value is -1.53. The third-order valence-electron chi connectivity index (χ3n) is 2.64. The summed E-state index contributed by atoms with van der Waals surface area (Å²) in [6, 6.07) is 6.01. The average molecular weight is 300 g/mol. The van der Waals surface area contributed by atoms with E-state index in [2.05, 4.69) is 9.82 Å². The molecule has 0 aliphatic rings. The predicted molar refractivity (Wildman–Crippen MR) is 74.9 cm³/mol. The van der Waals surface area contributed by atoms with Gasteiger partial charge < -0.3 is 0 Å². The monoisotopic (exact) mass is 299 g/mol. The quantitative estimate of drug-likeness (QED) is 0.944. The summed E-state index contributed by atoms with van der Waals surface area (Å²) >= 11 is 5.74. The van der Waals surface area contributed by atoms with Crippen LogP contribution in [-0.4, -0.2) is 18.2 Å². The molecular weight excluding hydrogens is 286 g/mol. The van der Waals surface area contributed by atoms with Crippen LogP contribution in [0.25, 0.3) is 0 Å². The van der Waals surface area contributed by atoms with Crippen molar-refractivity contribution in [2.75, 3.05) is 4.72 Å². The number of anilines is 1. The molecule has 2 rings (SSSR count). The smallest absolute Gasteiger partial charge is 0.262 e. The molecule has 0 saturated heterocycles. The van der Waals surface area contributed by atoms with Crippen molar-refractivity contribution in [3.05, 3.63) is 41.2 Å². The van der Waals surface area contributed by atoms with E-state index in [-0.39, 0.29) is 4.90 Å². The van der Waals surface area contributed by atoms with Gasteiger partial charge in [-0.05, 0) is 38.1 Å². The molecule has 0 unspecified atom stereocenters. The zero-order valence-electron chi connectivity index (χ0n) is 10.6. The zero-order chi connectivity index (χ0) is 14.0. The summed E-state index contributed by atoms with van der Waals surface area (Å²) in [7, 11) is -3.61. The zero-order valence-corrected chi connectivity index (χ0v) is 12.2. The molecule has 2 aromatic rings. The lowest BCUT2D eigenvalue weighted by Crippen LogP contribution is -2.13. The fraction of sp³-hybridized carbons (Fsp3) is 0.250. The number of aryl methyl sites for hydroxylation is 2. The number of aromatic nitrogens is 2. The minimum atomic E-state index is -3.61. The van der Waals surface area contributed by atoms with Crippen molar-refractivity contribution in [2.24, 2.45) is 0 Å². The minimum Gasteiger partial charge on any atom is -0.276 e. The van der Waals surface area contributed by atoms with E-state index in [0.717, 1.165) is 0 Å². The summed E-state index contributed by atoms with van der Waals surface area (Å²) in [5.41, 5.74) is 1.12. The maximum atomic E-state index is 12.2. The predicted octanol–water partition coefficient (Wildman–Crippen LogP) is 2.67. The highest BCUT2D eigenvalue weighted by Gasteiger charge is 2.16. The molecule has 0 amide bonds. The standard InChI is InChI=1S/C12H14ClN3O2S/c1-3-16-8-12(9(2)14-16)15-19(17,18)11-6-4-10(13)5-7-11/h4-8,15H,3H2,1-2H3. The van der Waals surface area contributed by atoms with E-state index in [1.807, 2.05) is 6.92 Å². The number of hydrogen-bond donors (Lipinski definition) is 1. The lowest BCUT2D eigenvalue weighted by atomic mass is 10.4. The van der Waals surface area contributed by atoms with Crippen LogP contribution in [0.1, 0.15) is 12.6 Å². The number of hydrogen-bond acceptors (Lipinski definition) is 3. The van der Waals surface area contributed by atoms with E-state index >= 15 is 0 Å². The van der Waals surface area contributed by atoms with Gasteiger partial charge in [0, 0.05) is 17.8 Å².